The van der Waals surface area contributed by atoms with Crippen molar-refractivity contribution in [1.29, 1.82) is 0 Å². The smallest absolute Gasteiger partial charge is 0.283 e. The molecule has 0 saturated heterocycles. The number of nitrogens with zero attached hydrogens (tertiary/aromatic N) is 4. The van der Waals surface area contributed by atoms with Crippen LogP contribution in [0.1, 0.15) is 13.8 Å². The largest absolute Gasteiger partial charge is 0.478 e. The van der Waals surface area contributed by atoms with Gasteiger partial charge in [-0.2, -0.15) is 5.10 Å². The highest BCUT2D eigenvalue weighted by atomic mass is 35.5. The number of ether oxygens (including phenoxy) is 1. The highest BCUT2D eigenvalue weighted by molar-refractivity contribution is 6.30. The molecule has 4 aromatic rings. The highest BCUT2D eigenvalue weighted by Crippen LogP contribution is 2.21. The van der Waals surface area contributed by atoms with Gasteiger partial charge in [-0.05, 0) is 62.4 Å². The number of benzene rings is 2. The minimum absolute atomic E-state index is 0.184. The van der Waals surface area contributed by atoms with E-state index < -0.39 is 17.1 Å². The number of rotatable bonds is 5. The zero-order valence-electron chi connectivity index (χ0n) is 16.5. The van der Waals surface area contributed by atoms with E-state index in [-0.39, 0.29) is 16.9 Å². The van der Waals surface area contributed by atoms with Gasteiger partial charge in [0.05, 0.1) is 11.9 Å². The lowest BCUT2D eigenvalue weighted by atomic mass is 10.1. The molecule has 0 saturated carbocycles. The number of hydrogen-bond acceptors (Lipinski definition) is 5. The number of carbonyl (C=O) groups is 1. The van der Waals surface area contributed by atoms with Crippen LogP contribution in [0.15, 0.2) is 65.8 Å². The van der Waals surface area contributed by atoms with Crippen LogP contribution in [0, 0.1) is 5.82 Å². The van der Waals surface area contributed by atoms with Crippen molar-refractivity contribution in [2.45, 2.75) is 19.4 Å². The first-order chi connectivity index (χ1) is 14.7. The second kappa shape index (κ2) is 7.84. The molecule has 10 heteroatoms. The molecule has 2 aromatic carbocycles. The summed E-state index contributed by atoms with van der Waals surface area (Å²) < 4.78 is 21.3. The van der Waals surface area contributed by atoms with Crippen LogP contribution in [0.4, 0.5) is 4.39 Å². The molecule has 2 aromatic heterocycles. The van der Waals surface area contributed by atoms with Crippen LogP contribution in [0.5, 0.6) is 5.75 Å². The van der Waals surface area contributed by atoms with Crippen molar-refractivity contribution in [2.24, 2.45) is 0 Å². The lowest BCUT2D eigenvalue weighted by molar-refractivity contribution is -0.129. The predicted molar refractivity (Wildman–Crippen MR) is 114 cm³/mol. The van der Waals surface area contributed by atoms with E-state index in [0.29, 0.717) is 16.5 Å². The molecular weight excluding hydrogens is 425 g/mol. The first-order valence-corrected chi connectivity index (χ1v) is 9.60. The Kier molecular flexibility index (Phi) is 5.20. The Morgan fingerprint density at radius 3 is 2.48 bits per heavy atom. The fraction of sp³-hybridized carbons (Fsp3) is 0.143. The predicted octanol–water partition coefficient (Wildman–Crippen LogP) is 3.30. The van der Waals surface area contributed by atoms with Crippen LogP contribution in [-0.2, 0) is 4.79 Å². The summed E-state index contributed by atoms with van der Waals surface area (Å²) in [5.74, 6) is -0.496. The van der Waals surface area contributed by atoms with Gasteiger partial charge in [0, 0.05) is 5.02 Å². The lowest BCUT2D eigenvalue weighted by Gasteiger charge is -2.25. The van der Waals surface area contributed by atoms with Gasteiger partial charge >= 0.3 is 0 Å². The van der Waals surface area contributed by atoms with E-state index in [2.05, 4.69) is 15.5 Å². The van der Waals surface area contributed by atoms with Crippen molar-refractivity contribution in [3.63, 3.8) is 0 Å². The van der Waals surface area contributed by atoms with Crippen molar-refractivity contribution < 1.29 is 13.9 Å². The standard InChI is InChI=1S/C21H17ClFN5O3/c1-21(2,31-16-9-3-13(22)4-10-16)20(30)26-27-12-24-18-17(19(27)29)11-25-28(18)15-7-5-14(23)6-8-15/h3-12H,1-2H3,(H,26,30). The summed E-state index contributed by atoms with van der Waals surface area (Å²) in [6, 6.07) is 12.2. The third-order valence-electron chi connectivity index (χ3n) is 4.52. The number of amides is 1. The fourth-order valence-corrected chi connectivity index (χ4v) is 2.98. The summed E-state index contributed by atoms with van der Waals surface area (Å²) in [4.78, 5) is 29.8. The molecule has 1 amide bonds. The lowest BCUT2D eigenvalue weighted by Crippen LogP contribution is -2.47. The molecule has 1 N–H and O–H groups in total. The molecule has 2 heterocycles. The monoisotopic (exact) mass is 441 g/mol. The first-order valence-electron chi connectivity index (χ1n) is 9.22. The molecule has 0 aliphatic heterocycles. The van der Waals surface area contributed by atoms with Crippen molar-refractivity contribution in [3.05, 3.63) is 82.2 Å². The maximum Gasteiger partial charge on any atom is 0.283 e. The van der Waals surface area contributed by atoms with Gasteiger partial charge in [-0.1, -0.05) is 11.6 Å². The van der Waals surface area contributed by atoms with Crippen LogP contribution in [-0.4, -0.2) is 30.9 Å². The summed E-state index contributed by atoms with van der Waals surface area (Å²) >= 11 is 5.86. The van der Waals surface area contributed by atoms with Crippen molar-refractivity contribution >= 4 is 28.5 Å². The molecule has 31 heavy (non-hydrogen) atoms. The Labute approximate surface area is 180 Å². The van der Waals surface area contributed by atoms with Crippen LogP contribution in [0.2, 0.25) is 5.02 Å². The summed E-state index contributed by atoms with van der Waals surface area (Å²) in [6.07, 6.45) is 2.52. The van der Waals surface area contributed by atoms with Gasteiger partial charge in [0.25, 0.3) is 11.5 Å². The molecule has 8 nitrogen and oxygen atoms in total. The van der Waals surface area contributed by atoms with E-state index in [1.807, 2.05) is 0 Å². The first kappa shape index (κ1) is 20.5. The molecule has 0 atom stereocenters. The van der Waals surface area contributed by atoms with Gasteiger partial charge in [0.2, 0.25) is 0 Å². The van der Waals surface area contributed by atoms with Gasteiger partial charge in [0.1, 0.15) is 23.3 Å². The maximum absolute atomic E-state index is 13.2. The fourth-order valence-electron chi connectivity index (χ4n) is 2.85. The SMILES string of the molecule is CC(C)(Oc1ccc(Cl)cc1)C(=O)Nn1cnc2c(cnn2-c2ccc(F)cc2)c1=O. The zero-order valence-corrected chi connectivity index (χ0v) is 17.3. The van der Waals surface area contributed by atoms with Gasteiger partial charge in [-0.15, -0.1) is 0 Å². The molecule has 0 aliphatic rings. The van der Waals surface area contributed by atoms with Gasteiger partial charge in [-0.3, -0.25) is 15.0 Å². The van der Waals surface area contributed by atoms with Crippen molar-refractivity contribution in [1.82, 2.24) is 19.4 Å². The second-order valence-electron chi connectivity index (χ2n) is 7.20. The van der Waals surface area contributed by atoms with Gasteiger partial charge < -0.3 is 4.74 Å². The number of aromatic nitrogens is 4. The average Bonchev–Trinajstić information content (AvgIpc) is 3.17. The van der Waals surface area contributed by atoms with Crippen LogP contribution in [0.25, 0.3) is 16.7 Å². The molecule has 0 bridgehead atoms. The number of halogens is 2. The van der Waals surface area contributed by atoms with Gasteiger partial charge in [-0.25, -0.2) is 18.7 Å². The molecule has 0 radical (unpaired) electrons. The third-order valence-corrected chi connectivity index (χ3v) is 4.77. The summed E-state index contributed by atoms with van der Waals surface area (Å²) in [5, 5.41) is 4.89. The Morgan fingerprint density at radius 2 is 1.81 bits per heavy atom. The van der Waals surface area contributed by atoms with Crippen LogP contribution in [0.3, 0.4) is 0 Å². The highest BCUT2D eigenvalue weighted by Gasteiger charge is 2.31. The summed E-state index contributed by atoms with van der Waals surface area (Å²) in [6.45, 7) is 3.14. The van der Waals surface area contributed by atoms with Crippen LogP contribution < -0.4 is 15.7 Å². The topological polar surface area (TPSA) is 91.0 Å². The number of hydrogen-bond donors (Lipinski definition) is 1. The average molecular weight is 442 g/mol. The normalized spacial score (nSPS) is 11.5. The van der Waals surface area contributed by atoms with E-state index in [1.165, 1.54) is 41.5 Å². The van der Waals surface area contributed by atoms with E-state index in [9.17, 15) is 14.0 Å². The molecule has 0 fully saturated rings. The zero-order chi connectivity index (χ0) is 22.2. The Hall–Kier alpha value is -3.72. The second-order valence-corrected chi connectivity index (χ2v) is 7.63. The molecule has 158 valence electrons. The van der Waals surface area contributed by atoms with Gasteiger partial charge in [0.15, 0.2) is 11.2 Å². The molecule has 0 spiro atoms. The molecule has 0 aliphatic carbocycles. The minimum Gasteiger partial charge on any atom is -0.478 e. The number of nitrogens with one attached hydrogen (secondary N) is 1. The molecule has 0 unspecified atom stereocenters. The summed E-state index contributed by atoms with van der Waals surface area (Å²) in [5.41, 5.74) is 1.51. The van der Waals surface area contributed by atoms with E-state index in [4.69, 9.17) is 16.3 Å². The quantitative estimate of drug-likeness (QED) is 0.513. The number of fused-ring (bicyclic) bond motifs is 1. The van der Waals surface area contributed by atoms with E-state index in [1.54, 1.807) is 38.1 Å². The Bertz CT molecular complexity index is 1310. The van der Waals surface area contributed by atoms with E-state index in [0.717, 1.165) is 4.68 Å². The maximum atomic E-state index is 13.2. The van der Waals surface area contributed by atoms with Crippen LogP contribution >= 0.6 is 11.6 Å². The Morgan fingerprint density at radius 1 is 1.13 bits per heavy atom. The summed E-state index contributed by atoms with van der Waals surface area (Å²) in [7, 11) is 0. The molecular formula is C21H17ClFN5O3. The van der Waals surface area contributed by atoms with E-state index >= 15 is 0 Å². The third kappa shape index (κ3) is 4.13. The Balaban J connectivity index is 1.59. The number of carbonyl (C=O) groups excluding carboxylic acids is 1. The van der Waals surface area contributed by atoms with Crippen molar-refractivity contribution in [2.75, 3.05) is 5.43 Å². The van der Waals surface area contributed by atoms with Crippen molar-refractivity contribution in [3.8, 4) is 11.4 Å². The minimum atomic E-state index is -1.29. The molecule has 4 rings (SSSR count).